The number of nitrogens with zero attached hydrogens (tertiary/aromatic N) is 5. The Morgan fingerprint density at radius 2 is 1.86 bits per heavy atom. The van der Waals surface area contributed by atoms with Crippen molar-refractivity contribution in [3.05, 3.63) is 61.1 Å². The van der Waals surface area contributed by atoms with Gasteiger partial charge in [0, 0.05) is 24.4 Å². The standard InChI is InChI=1S/C33H40N8O8S/c1-6-21-16-33(21,31(45)38-50(46,47)24-11-12-24)35-29(43)25-15-22(41-37-27(36-39-41)19-7-9-23(48-5)10-8-19)17-40(25)30(44)26(32(2,3)4)34-28(42)20-13-14-49-18-20/h6-10,13-14,18,21-22,24-26H,1,11-12,15-17H2,2-5H3,(H,34,42)(H,35,43)(H,38,45)/t21-,22-,25+,26-,33-/m1/s1. The molecule has 16 nitrogen and oxygen atoms in total. The summed E-state index contributed by atoms with van der Waals surface area (Å²) in [5.74, 6) is -2.16. The average molecular weight is 709 g/mol. The molecule has 2 saturated carbocycles. The van der Waals surface area contributed by atoms with Crippen molar-refractivity contribution in [1.82, 2.24) is 40.5 Å². The molecule has 3 fully saturated rings. The molecule has 1 aliphatic heterocycles. The van der Waals surface area contributed by atoms with Gasteiger partial charge in [0.2, 0.25) is 27.7 Å². The second-order valence-corrected chi connectivity index (χ2v) is 16.0. The van der Waals surface area contributed by atoms with Gasteiger partial charge in [0.05, 0.1) is 30.2 Å². The van der Waals surface area contributed by atoms with E-state index in [-0.39, 0.29) is 24.9 Å². The molecular formula is C33H40N8O8S. The van der Waals surface area contributed by atoms with E-state index in [0.717, 1.165) is 0 Å². The maximum atomic E-state index is 14.4. The molecular weight excluding hydrogens is 668 g/mol. The molecule has 0 spiro atoms. The number of sulfonamides is 1. The predicted octanol–water partition coefficient (Wildman–Crippen LogP) is 1.60. The number of amides is 4. The molecule has 17 heteroatoms. The van der Waals surface area contributed by atoms with Crippen molar-refractivity contribution in [2.45, 2.75) is 75.4 Å². The van der Waals surface area contributed by atoms with E-state index in [1.54, 1.807) is 52.1 Å². The van der Waals surface area contributed by atoms with Gasteiger partial charge in [-0.2, -0.15) is 4.80 Å². The van der Waals surface area contributed by atoms with Crippen LogP contribution >= 0.6 is 0 Å². The Labute approximate surface area is 289 Å². The molecule has 50 heavy (non-hydrogen) atoms. The summed E-state index contributed by atoms with van der Waals surface area (Å²) in [6.07, 6.45) is 5.18. The van der Waals surface area contributed by atoms with Crippen LogP contribution in [0, 0.1) is 11.3 Å². The number of aromatic nitrogens is 4. The minimum absolute atomic E-state index is 0.0242. The van der Waals surface area contributed by atoms with E-state index in [9.17, 15) is 27.6 Å². The maximum Gasteiger partial charge on any atom is 0.259 e. The Balaban J connectivity index is 1.29. The Morgan fingerprint density at radius 3 is 2.44 bits per heavy atom. The van der Waals surface area contributed by atoms with E-state index in [4.69, 9.17) is 9.15 Å². The fourth-order valence-electron chi connectivity index (χ4n) is 6.15. The van der Waals surface area contributed by atoms with Gasteiger partial charge in [-0.1, -0.05) is 26.8 Å². The topological polar surface area (TPSA) is 208 Å². The number of nitrogens with one attached hydrogen (secondary N) is 3. The normalized spacial score (nSPS) is 23.8. The average Bonchev–Trinajstić information content (AvgIpc) is 3.82. The van der Waals surface area contributed by atoms with Gasteiger partial charge in [-0.3, -0.25) is 23.9 Å². The van der Waals surface area contributed by atoms with Crippen LogP contribution in [0.2, 0.25) is 0 Å². The summed E-state index contributed by atoms with van der Waals surface area (Å²) >= 11 is 0. The van der Waals surface area contributed by atoms with Gasteiger partial charge >= 0.3 is 0 Å². The highest BCUT2D eigenvalue weighted by molar-refractivity contribution is 7.91. The van der Waals surface area contributed by atoms with Crippen molar-refractivity contribution in [3.63, 3.8) is 0 Å². The first-order chi connectivity index (χ1) is 23.7. The summed E-state index contributed by atoms with van der Waals surface area (Å²) in [4.78, 5) is 57.8. The Hall–Kier alpha value is -5.06. The number of furan rings is 1. The molecule has 5 atom stereocenters. The van der Waals surface area contributed by atoms with Gasteiger partial charge in [0.15, 0.2) is 0 Å². The number of benzene rings is 1. The molecule has 0 radical (unpaired) electrons. The third kappa shape index (κ3) is 6.86. The van der Waals surface area contributed by atoms with E-state index in [1.165, 1.54) is 34.4 Å². The molecule has 266 valence electrons. The lowest BCUT2D eigenvalue weighted by Gasteiger charge is -2.35. The van der Waals surface area contributed by atoms with Crippen LogP contribution in [0.5, 0.6) is 5.75 Å². The SMILES string of the molecule is C=C[C@@H]1C[C@]1(NC(=O)[C@@H]1C[C@@H](n2nnc(-c3ccc(OC)cc3)n2)CN1C(=O)[C@@H](NC(=O)c1ccoc1)C(C)(C)C)C(=O)NS(=O)(=O)C1CC1. The smallest absolute Gasteiger partial charge is 0.259 e. The first kappa shape index (κ1) is 34.8. The maximum absolute atomic E-state index is 14.4. The van der Waals surface area contributed by atoms with Gasteiger partial charge in [-0.05, 0) is 60.2 Å². The van der Waals surface area contributed by atoms with E-state index < -0.39 is 73.9 Å². The van der Waals surface area contributed by atoms with Gasteiger partial charge < -0.3 is 24.7 Å². The van der Waals surface area contributed by atoms with Crippen molar-refractivity contribution in [2.24, 2.45) is 11.3 Å². The number of carbonyl (C=O) groups is 4. The van der Waals surface area contributed by atoms with Crippen molar-refractivity contribution >= 4 is 33.7 Å². The number of tetrazole rings is 1. The second kappa shape index (κ2) is 13.0. The molecule has 4 amide bonds. The number of rotatable bonds is 12. The van der Waals surface area contributed by atoms with Gasteiger partial charge in [-0.25, -0.2) is 8.42 Å². The molecule has 2 aromatic heterocycles. The molecule has 3 heterocycles. The molecule has 1 aromatic carbocycles. The molecule has 2 aliphatic carbocycles. The highest BCUT2D eigenvalue weighted by Crippen LogP contribution is 2.45. The number of hydrogen-bond donors (Lipinski definition) is 3. The van der Waals surface area contributed by atoms with Crippen molar-refractivity contribution in [2.75, 3.05) is 13.7 Å². The van der Waals surface area contributed by atoms with Crippen LogP contribution in [0.1, 0.15) is 62.9 Å². The van der Waals surface area contributed by atoms with Crippen LogP contribution in [0.15, 0.2) is 59.9 Å². The predicted molar refractivity (Wildman–Crippen MR) is 178 cm³/mol. The molecule has 1 saturated heterocycles. The molecule has 3 aromatic rings. The zero-order valence-corrected chi connectivity index (χ0v) is 29.0. The monoisotopic (exact) mass is 708 g/mol. The third-order valence-electron chi connectivity index (χ3n) is 9.39. The Bertz CT molecular complexity index is 1900. The number of hydrogen-bond acceptors (Lipinski definition) is 11. The van der Waals surface area contributed by atoms with Gasteiger partial charge in [-0.15, -0.1) is 16.8 Å². The fraction of sp³-hybridized carbons (Fsp3) is 0.485. The first-order valence-electron chi connectivity index (χ1n) is 16.2. The number of likely N-dealkylation sites (tertiary alicyclic amines) is 1. The lowest BCUT2D eigenvalue weighted by molar-refractivity contribution is -0.142. The minimum atomic E-state index is -3.90. The van der Waals surface area contributed by atoms with Crippen molar-refractivity contribution in [3.8, 4) is 17.1 Å². The second-order valence-electron chi connectivity index (χ2n) is 14.0. The van der Waals surface area contributed by atoms with E-state index in [2.05, 4.69) is 37.3 Å². The Kier molecular flexibility index (Phi) is 9.05. The van der Waals surface area contributed by atoms with Crippen LogP contribution < -0.4 is 20.1 Å². The lowest BCUT2D eigenvalue weighted by Crippen LogP contribution is -2.60. The highest BCUT2D eigenvalue weighted by atomic mass is 32.2. The summed E-state index contributed by atoms with van der Waals surface area (Å²) < 4.78 is 37.7. The summed E-state index contributed by atoms with van der Waals surface area (Å²) in [6, 6.07) is 5.69. The van der Waals surface area contributed by atoms with Crippen LogP contribution in [0.25, 0.3) is 11.4 Å². The summed E-state index contributed by atoms with van der Waals surface area (Å²) in [5.41, 5.74) is -1.47. The lowest BCUT2D eigenvalue weighted by atomic mass is 9.85. The number of carbonyl (C=O) groups excluding carboxylic acids is 4. The van der Waals surface area contributed by atoms with Gasteiger partial charge in [0.25, 0.3) is 11.8 Å². The zero-order chi connectivity index (χ0) is 36.0. The Morgan fingerprint density at radius 1 is 1.14 bits per heavy atom. The largest absolute Gasteiger partial charge is 0.497 e. The summed E-state index contributed by atoms with van der Waals surface area (Å²) in [5, 5.41) is 17.9. The molecule has 3 aliphatic rings. The fourth-order valence-corrected chi connectivity index (χ4v) is 7.51. The van der Waals surface area contributed by atoms with E-state index in [1.807, 2.05) is 0 Å². The molecule has 0 bridgehead atoms. The molecule has 3 N–H and O–H groups in total. The quantitative estimate of drug-likeness (QED) is 0.230. The van der Waals surface area contributed by atoms with Gasteiger partial charge in [0.1, 0.15) is 29.6 Å². The van der Waals surface area contributed by atoms with Crippen molar-refractivity contribution in [1.29, 1.82) is 0 Å². The zero-order valence-electron chi connectivity index (χ0n) is 28.2. The van der Waals surface area contributed by atoms with Crippen LogP contribution in [0.3, 0.4) is 0 Å². The van der Waals surface area contributed by atoms with Crippen LogP contribution in [0.4, 0.5) is 0 Å². The first-order valence-corrected chi connectivity index (χ1v) is 17.8. The number of ether oxygens (including phenoxy) is 1. The van der Waals surface area contributed by atoms with E-state index >= 15 is 0 Å². The summed E-state index contributed by atoms with van der Waals surface area (Å²) in [6.45, 7) is 9.08. The van der Waals surface area contributed by atoms with Crippen LogP contribution in [-0.2, 0) is 24.4 Å². The van der Waals surface area contributed by atoms with Crippen molar-refractivity contribution < 1.29 is 36.7 Å². The highest BCUT2D eigenvalue weighted by Gasteiger charge is 2.62. The van der Waals surface area contributed by atoms with E-state index in [0.29, 0.717) is 30.0 Å². The summed E-state index contributed by atoms with van der Waals surface area (Å²) in [7, 11) is -2.34. The molecule has 6 rings (SSSR count). The molecule has 0 unspecified atom stereocenters. The third-order valence-corrected chi connectivity index (χ3v) is 11.2. The number of methoxy groups -OCH3 is 1. The van der Waals surface area contributed by atoms with Crippen LogP contribution in [-0.4, -0.2) is 93.7 Å². The minimum Gasteiger partial charge on any atom is -0.497 e.